The van der Waals surface area contributed by atoms with Crippen LogP contribution in [0, 0.1) is 5.41 Å². The topological polar surface area (TPSA) is 114 Å². The molecule has 0 radical (unpaired) electrons. The van der Waals surface area contributed by atoms with Crippen molar-refractivity contribution in [1.82, 2.24) is 0 Å². The fraction of sp³-hybridized carbons (Fsp3) is 0.591. The van der Waals surface area contributed by atoms with E-state index in [1.807, 2.05) is 32.9 Å². The first-order valence-corrected chi connectivity index (χ1v) is 10.3. The number of unbranched alkanes of at least 4 members (excludes halogenated alkanes) is 2. The van der Waals surface area contributed by atoms with E-state index < -0.39 is 22.9 Å². The number of hydrogen-bond donors (Lipinski definition) is 3. The highest BCUT2D eigenvalue weighted by Gasteiger charge is 2.57. The SMILES string of the molecule is CC(C)(C)OC(=O)COCCCCCNc1ccc(NC(=O)C2(C(=O)O)CC2)cc1. The molecule has 1 fully saturated rings. The lowest BCUT2D eigenvalue weighted by Gasteiger charge is -2.19. The predicted molar refractivity (Wildman–Crippen MR) is 113 cm³/mol. The third kappa shape index (κ3) is 7.67. The summed E-state index contributed by atoms with van der Waals surface area (Å²) in [6.07, 6.45) is 3.56. The number of benzene rings is 1. The van der Waals surface area contributed by atoms with Gasteiger partial charge in [0.2, 0.25) is 5.91 Å². The molecule has 0 heterocycles. The summed E-state index contributed by atoms with van der Waals surface area (Å²) in [7, 11) is 0. The Labute approximate surface area is 177 Å². The van der Waals surface area contributed by atoms with Crippen molar-refractivity contribution in [2.45, 2.75) is 58.5 Å². The molecule has 30 heavy (non-hydrogen) atoms. The highest BCUT2D eigenvalue weighted by atomic mass is 16.6. The smallest absolute Gasteiger partial charge is 0.332 e. The molecule has 166 valence electrons. The second kappa shape index (κ2) is 10.4. The Bertz CT molecular complexity index is 735. The predicted octanol–water partition coefficient (Wildman–Crippen LogP) is 3.43. The molecule has 0 bridgehead atoms. The van der Waals surface area contributed by atoms with Crippen LogP contribution < -0.4 is 10.6 Å². The van der Waals surface area contributed by atoms with Crippen molar-refractivity contribution in [3.63, 3.8) is 0 Å². The van der Waals surface area contributed by atoms with Gasteiger partial charge >= 0.3 is 11.9 Å². The summed E-state index contributed by atoms with van der Waals surface area (Å²) in [5.41, 5.74) is -0.227. The number of carboxylic acid groups (broad SMARTS) is 1. The van der Waals surface area contributed by atoms with Gasteiger partial charge in [0.15, 0.2) is 0 Å². The van der Waals surface area contributed by atoms with Gasteiger partial charge in [-0.05, 0) is 77.1 Å². The van der Waals surface area contributed by atoms with Gasteiger partial charge in [-0.15, -0.1) is 0 Å². The van der Waals surface area contributed by atoms with E-state index >= 15 is 0 Å². The molecule has 1 aliphatic rings. The maximum atomic E-state index is 12.1. The Kier molecular flexibility index (Phi) is 8.23. The van der Waals surface area contributed by atoms with Crippen LogP contribution in [0.3, 0.4) is 0 Å². The number of carboxylic acids is 1. The van der Waals surface area contributed by atoms with Crippen LogP contribution in [0.1, 0.15) is 52.9 Å². The molecule has 0 unspecified atom stereocenters. The van der Waals surface area contributed by atoms with Crippen molar-refractivity contribution in [3.8, 4) is 0 Å². The lowest BCUT2D eigenvalue weighted by molar-refractivity contribution is -0.160. The van der Waals surface area contributed by atoms with Gasteiger partial charge in [0.1, 0.15) is 17.6 Å². The molecule has 0 spiro atoms. The standard InChI is InChI=1S/C22H32N2O6/c1-21(2,3)30-18(25)15-29-14-6-4-5-13-23-16-7-9-17(10-8-16)24-19(26)22(11-12-22)20(27)28/h7-10,23H,4-6,11-15H2,1-3H3,(H,24,26)(H,27,28). The normalized spacial score (nSPS) is 14.6. The molecule has 8 heteroatoms. The third-order valence-corrected chi connectivity index (χ3v) is 4.67. The van der Waals surface area contributed by atoms with E-state index in [1.165, 1.54) is 0 Å². The fourth-order valence-electron chi connectivity index (χ4n) is 2.85. The van der Waals surface area contributed by atoms with Crippen LogP contribution in [0.5, 0.6) is 0 Å². The molecule has 1 aromatic carbocycles. The minimum absolute atomic E-state index is 0.0218. The zero-order chi connectivity index (χ0) is 22.2. The van der Waals surface area contributed by atoms with E-state index in [1.54, 1.807) is 12.1 Å². The zero-order valence-electron chi connectivity index (χ0n) is 18.0. The molecule has 0 atom stereocenters. The first-order chi connectivity index (χ1) is 14.1. The molecular formula is C22H32N2O6. The van der Waals surface area contributed by atoms with Crippen molar-refractivity contribution >= 4 is 29.2 Å². The van der Waals surface area contributed by atoms with Crippen molar-refractivity contribution < 1.29 is 29.0 Å². The van der Waals surface area contributed by atoms with Crippen LogP contribution in [-0.2, 0) is 23.9 Å². The second-order valence-electron chi connectivity index (χ2n) is 8.55. The number of esters is 1. The monoisotopic (exact) mass is 420 g/mol. The Morgan fingerprint density at radius 1 is 1.03 bits per heavy atom. The van der Waals surface area contributed by atoms with E-state index in [0.717, 1.165) is 31.5 Å². The summed E-state index contributed by atoms with van der Waals surface area (Å²) in [5.74, 6) is -1.86. The molecule has 0 aromatic heterocycles. The van der Waals surface area contributed by atoms with Crippen molar-refractivity contribution in [2.75, 3.05) is 30.4 Å². The Hall–Kier alpha value is -2.61. The summed E-state index contributed by atoms with van der Waals surface area (Å²) in [6.45, 7) is 6.76. The van der Waals surface area contributed by atoms with Crippen molar-refractivity contribution in [3.05, 3.63) is 24.3 Å². The van der Waals surface area contributed by atoms with Gasteiger partial charge in [0.25, 0.3) is 0 Å². The summed E-state index contributed by atoms with van der Waals surface area (Å²) >= 11 is 0. The lowest BCUT2D eigenvalue weighted by atomic mass is 10.1. The molecule has 1 amide bonds. The number of carbonyl (C=O) groups excluding carboxylic acids is 2. The largest absolute Gasteiger partial charge is 0.480 e. The highest BCUT2D eigenvalue weighted by molar-refractivity contribution is 6.10. The Morgan fingerprint density at radius 2 is 1.67 bits per heavy atom. The van der Waals surface area contributed by atoms with Gasteiger partial charge in [0, 0.05) is 24.5 Å². The van der Waals surface area contributed by atoms with Crippen LogP contribution in [-0.4, -0.2) is 48.3 Å². The third-order valence-electron chi connectivity index (χ3n) is 4.67. The maximum Gasteiger partial charge on any atom is 0.332 e. The maximum absolute atomic E-state index is 12.1. The Morgan fingerprint density at radius 3 is 2.23 bits per heavy atom. The molecule has 8 nitrogen and oxygen atoms in total. The molecule has 3 N–H and O–H groups in total. The number of ether oxygens (including phenoxy) is 2. The minimum Gasteiger partial charge on any atom is -0.480 e. The van der Waals surface area contributed by atoms with Crippen LogP contribution >= 0.6 is 0 Å². The van der Waals surface area contributed by atoms with Crippen LogP contribution in [0.25, 0.3) is 0 Å². The number of anilines is 2. The van der Waals surface area contributed by atoms with Crippen LogP contribution in [0.2, 0.25) is 0 Å². The molecule has 0 aliphatic heterocycles. The summed E-state index contributed by atoms with van der Waals surface area (Å²) in [5, 5.41) is 15.1. The molecule has 0 saturated heterocycles. The average Bonchev–Trinajstić information content (AvgIpc) is 3.46. The first-order valence-electron chi connectivity index (χ1n) is 10.3. The van der Waals surface area contributed by atoms with Gasteiger partial charge in [-0.3, -0.25) is 9.59 Å². The van der Waals surface area contributed by atoms with E-state index in [2.05, 4.69) is 10.6 Å². The fourth-order valence-corrected chi connectivity index (χ4v) is 2.85. The van der Waals surface area contributed by atoms with Gasteiger partial charge in [-0.1, -0.05) is 0 Å². The van der Waals surface area contributed by atoms with Crippen LogP contribution in [0.4, 0.5) is 11.4 Å². The first kappa shape index (κ1) is 23.7. The van der Waals surface area contributed by atoms with Gasteiger partial charge in [-0.2, -0.15) is 0 Å². The molecule has 2 rings (SSSR count). The van der Waals surface area contributed by atoms with E-state index in [4.69, 9.17) is 14.6 Å². The summed E-state index contributed by atoms with van der Waals surface area (Å²) < 4.78 is 10.5. The van der Waals surface area contributed by atoms with Gasteiger partial charge < -0.3 is 25.2 Å². The quantitative estimate of drug-likeness (QED) is 0.270. The lowest BCUT2D eigenvalue weighted by Crippen LogP contribution is -2.31. The second-order valence-corrected chi connectivity index (χ2v) is 8.55. The van der Waals surface area contributed by atoms with Gasteiger partial charge in [-0.25, -0.2) is 4.79 Å². The van der Waals surface area contributed by atoms with Crippen molar-refractivity contribution in [2.24, 2.45) is 5.41 Å². The van der Waals surface area contributed by atoms with E-state index in [9.17, 15) is 14.4 Å². The molecule has 1 saturated carbocycles. The number of amides is 1. The summed E-state index contributed by atoms with van der Waals surface area (Å²) in [6, 6.07) is 7.20. The number of aliphatic carboxylic acids is 1. The average molecular weight is 421 g/mol. The van der Waals surface area contributed by atoms with Crippen molar-refractivity contribution in [1.29, 1.82) is 0 Å². The minimum atomic E-state index is -1.24. The molecular weight excluding hydrogens is 388 g/mol. The molecule has 1 aromatic rings. The van der Waals surface area contributed by atoms with E-state index in [-0.39, 0.29) is 12.6 Å². The number of carbonyl (C=O) groups is 3. The summed E-state index contributed by atoms with van der Waals surface area (Å²) in [4.78, 5) is 34.8. The number of hydrogen-bond acceptors (Lipinski definition) is 6. The number of rotatable bonds is 12. The highest BCUT2D eigenvalue weighted by Crippen LogP contribution is 2.46. The van der Waals surface area contributed by atoms with Crippen LogP contribution in [0.15, 0.2) is 24.3 Å². The molecule has 1 aliphatic carbocycles. The van der Waals surface area contributed by atoms with E-state index in [0.29, 0.717) is 25.1 Å². The number of nitrogens with one attached hydrogen (secondary N) is 2. The zero-order valence-corrected chi connectivity index (χ0v) is 18.0. The Balaban J connectivity index is 1.55. The van der Waals surface area contributed by atoms with Gasteiger partial charge in [0.05, 0.1) is 0 Å².